The molecule has 2 saturated heterocycles. The number of nitrogens with zero attached hydrogens (tertiary/aromatic N) is 3. The van der Waals surface area contributed by atoms with E-state index >= 15 is 4.79 Å². The predicted octanol–water partition coefficient (Wildman–Crippen LogP) is 4.70. The van der Waals surface area contributed by atoms with Crippen LogP contribution in [0.3, 0.4) is 0 Å². The zero-order valence-corrected chi connectivity index (χ0v) is 30.1. The SMILES string of the molecule is C[C@H]1[C@H](c2ccccc2)OC(=O)[C@H]2[C@@H]3O[C@@]4(C=C3Br)[C@@H]2C(=O)N([C@H](CO)c2ccccc2)[C@@H]4C(=O)N(C(C)(C)C)C/C=C\CCC(=O)N1C. The van der Waals surface area contributed by atoms with Crippen LogP contribution in [0, 0.1) is 11.8 Å². The largest absolute Gasteiger partial charge is 0.455 e. The molecule has 11 heteroatoms. The number of ether oxygens (including phenoxy) is 2. The predicted molar refractivity (Wildman–Crippen MR) is 186 cm³/mol. The van der Waals surface area contributed by atoms with E-state index in [1.165, 1.54) is 4.90 Å². The normalized spacial score (nSPS) is 32.2. The highest BCUT2D eigenvalue weighted by Gasteiger charge is 2.76. The molecule has 2 aromatic carbocycles. The van der Waals surface area contributed by atoms with Gasteiger partial charge in [-0.15, -0.1) is 0 Å². The van der Waals surface area contributed by atoms with Crippen LogP contribution in [0.15, 0.2) is 83.4 Å². The summed E-state index contributed by atoms with van der Waals surface area (Å²) in [6, 6.07) is 15.7. The molecule has 4 heterocycles. The molecule has 2 aromatic rings. The summed E-state index contributed by atoms with van der Waals surface area (Å²) in [5.41, 5.74) is -0.837. The molecular formula is C38H44BrN3O7. The van der Waals surface area contributed by atoms with E-state index in [0.717, 1.165) is 0 Å². The molecule has 3 amide bonds. The molecule has 0 aromatic heterocycles. The molecule has 0 saturated carbocycles. The van der Waals surface area contributed by atoms with Crippen molar-refractivity contribution in [3.63, 3.8) is 0 Å². The van der Waals surface area contributed by atoms with E-state index in [2.05, 4.69) is 15.9 Å². The van der Waals surface area contributed by atoms with Gasteiger partial charge in [-0.1, -0.05) is 88.7 Å². The van der Waals surface area contributed by atoms with Gasteiger partial charge in [0.25, 0.3) is 0 Å². The van der Waals surface area contributed by atoms with Crippen molar-refractivity contribution in [2.24, 2.45) is 11.8 Å². The highest BCUT2D eigenvalue weighted by atomic mass is 79.9. The molecule has 4 aliphatic rings. The number of carbonyl (C=O) groups is 4. The third-order valence-electron chi connectivity index (χ3n) is 10.4. The minimum Gasteiger partial charge on any atom is -0.455 e. The van der Waals surface area contributed by atoms with Gasteiger partial charge in [0, 0.05) is 30.0 Å². The van der Waals surface area contributed by atoms with Crippen LogP contribution in [0.1, 0.15) is 63.8 Å². The fraction of sp³-hybridized carbons (Fsp3) is 0.474. The maximum atomic E-state index is 15.1. The molecule has 2 fully saturated rings. The highest BCUT2D eigenvalue weighted by Crippen LogP contribution is 2.60. The van der Waals surface area contributed by atoms with E-state index in [4.69, 9.17) is 9.47 Å². The van der Waals surface area contributed by atoms with Crippen molar-refractivity contribution in [1.82, 2.24) is 14.7 Å². The van der Waals surface area contributed by atoms with Crippen molar-refractivity contribution in [3.8, 4) is 0 Å². The van der Waals surface area contributed by atoms with Crippen LogP contribution < -0.4 is 0 Å². The molecule has 1 spiro atoms. The van der Waals surface area contributed by atoms with Crippen LogP contribution >= 0.6 is 15.9 Å². The number of cyclic esters (lactones) is 1. The third kappa shape index (κ3) is 6.04. The summed E-state index contributed by atoms with van der Waals surface area (Å²) in [5.74, 6) is -3.81. The maximum Gasteiger partial charge on any atom is 0.313 e. The summed E-state index contributed by atoms with van der Waals surface area (Å²) in [5, 5.41) is 10.9. The van der Waals surface area contributed by atoms with Crippen LogP contribution in [0.2, 0.25) is 0 Å². The first kappa shape index (κ1) is 35.0. The molecule has 4 aliphatic heterocycles. The number of fused-ring (bicyclic) bond motifs is 2. The summed E-state index contributed by atoms with van der Waals surface area (Å²) in [6.45, 7) is 7.36. The van der Waals surface area contributed by atoms with Gasteiger partial charge in [0.15, 0.2) is 0 Å². The number of carbonyl (C=O) groups excluding carboxylic acids is 4. The number of aliphatic hydroxyl groups excluding tert-OH is 1. The number of likely N-dealkylation sites (N-methyl/N-ethyl adjacent to an activating group) is 1. The summed E-state index contributed by atoms with van der Waals surface area (Å²) < 4.78 is 13.6. The molecule has 5 bridgehead atoms. The molecule has 0 unspecified atom stereocenters. The van der Waals surface area contributed by atoms with Gasteiger partial charge in [-0.3, -0.25) is 19.2 Å². The number of hydrogen-bond acceptors (Lipinski definition) is 7. The first-order chi connectivity index (χ1) is 23.3. The van der Waals surface area contributed by atoms with E-state index in [1.54, 1.807) is 22.9 Å². The Balaban J connectivity index is 1.52. The Hall–Kier alpha value is -3.80. The Labute approximate surface area is 295 Å². The van der Waals surface area contributed by atoms with Gasteiger partial charge in [-0.2, -0.15) is 0 Å². The number of rotatable bonds is 4. The molecule has 10 nitrogen and oxygen atoms in total. The number of aliphatic hydroxyl groups is 1. The van der Waals surface area contributed by atoms with Crippen LogP contribution in [-0.4, -0.2) is 93.0 Å². The van der Waals surface area contributed by atoms with Crippen molar-refractivity contribution < 1.29 is 33.8 Å². The molecule has 260 valence electrons. The lowest BCUT2D eigenvalue weighted by Crippen LogP contribution is -2.60. The lowest BCUT2D eigenvalue weighted by molar-refractivity contribution is -0.164. The van der Waals surface area contributed by atoms with Crippen LogP contribution in [-0.2, 0) is 28.7 Å². The van der Waals surface area contributed by atoms with Gasteiger partial charge in [-0.05, 0) is 51.3 Å². The van der Waals surface area contributed by atoms with Crippen molar-refractivity contribution in [3.05, 3.63) is 94.5 Å². The van der Waals surface area contributed by atoms with Crippen molar-refractivity contribution in [1.29, 1.82) is 0 Å². The second kappa shape index (κ2) is 13.5. The fourth-order valence-electron chi connectivity index (χ4n) is 7.82. The Bertz CT molecular complexity index is 1660. The number of hydrogen-bond donors (Lipinski definition) is 1. The third-order valence-corrected chi connectivity index (χ3v) is 11.1. The Morgan fingerprint density at radius 2 is 1.61 bits per heavy atom. The van der Waals surface area contributed by atoms with E-state index in [0.29, 0.717) is 22.0 Å². The number of likely N-dealkylation sites (tertiary alicyclic amines) is 1. The zero-order valence-electron chi connectivity index (χ0n) is 28.5. The molecule has 0 aliphatic carbocycles. The number of benzene rings is 2. The second-order valence-corrected chi connectivity index (χ2v) is 15.2. The van der Waals surface area contributed by atoms with E-state index in [9.17, 15) is 19.5 Å². The second-order valence-electron chi connectivity index (χ2n) is 14.3. The average molecular weight is 735 g/mol. The van der Waals surface area contributed by atoms with Crippen molar-refractivity contribution in [2.45, 2.75) is 82.0 Å². The van der Waals surface area contributed by atoms with Crippen LogP contribution in [0.25, 0.3) is 0 Å². The number of halogens is 1. The smallest absolute Gasteiger partial charge is 0.313 e. The monoisotopic (exact) mass is 733 g/mol. The molecule has 6 rings (SSSR count). The minimum absolute atomic E-state index is 0.115. The lowest BCUT2D eigenvalue weighted by Gasteiger charge is -2.43. The summed E-state index contributed by atoms with van der Waals surface area (Å²) in [6.07, 6.45) is 4.49. The quantitative estimate of drug-likeness (QED) is 0.358. The fourth-order valence-corrected chi connectivity index (χ4v) is 8.55. The van der Waals surface area contributed by atoms with E-state index in [-0.39, 0.29) is 24.8 Å². The van der Waals surface area contributed by atoms with Crippen LogP contribution in [0.4, 0.5) is 0 Å². The molecule has 8 atom stereocenters. The highest BCUT2D eigenvalue weighted by molar-refractivity contribution is 9.11. The van der Waals surface area contributed by atoms with Crippen molar-refractivity contribution in [2.75, 3.05) is 20.2 Å². The number of allylic oxidation sites excluding steroid dienone is 1. The number of amides is 3. The Kier molecular flexibility index (Phi) is 9.65. The van der Waals surface area contributed by atoms with Gasteiger partial charge in [0.2, 0.25) is 17.7 Å². The molecule has 0 radical (unpaired) electrons. The first-order valence-electron chi connectivity index (χ1n) is 16.8. The maximum absolute atomic E-state index is 15.1. The first-order valence-corrected chi connectivity index (χ1v) is 17.6. The topological polar surface area (TPSA) is 117 Å². The Morgan fingerprint density at radius 1 is 0.959 bits per heavy atom. The lowest BCUT2D eigenvalue weighted by atomic mass is 9.74. The number of esters is 1. The summed E-state index contributed by atoms with van der Waals surface area (Å²) in [4.78, 5) is 62.6. The molecular weight excluding hydrogens is 690 g/mol. The molecule has 1 N–H and O–H groups in total. The summed E-state index contributed by atoms with van der Waals surface area (Å²) in [7, 11) is 1.70. The standard InChI is InChI=1S/C38H44BrN3O7/c1-23-31(25-17-11-7-12-18-25)48-36(47)29-30-34(45)42(27(22-43)24-15-9-6-10-16-24)33(38(30)21-26(39)32(29)49-38)35(46)41(37(2,3)4)20-14-8-13-19-28(44)40(23)5/h6-12,14-18,21,23,27,29-33,43H,13,19-20,22H2,1-5H3/b14-8-/t23-,27+,29+,30-,31+,32+,33+,38-/m0/s1. The Morgan fingerprint density at radius 3 is 2.24 bits per heavy atom. The minimum atomic E-state index is -1.51. The van der Waals surface area contributed by atoms with Gasteiger partial charge < -0.3 is 29.3 Å². The average Bonchev–Trinajstić information content (AvgIpc) is 3.67. The van der Waals surface area contributed by atoms with E-state index in [1.807, 2.05) is 101 Å². The van der Waals surface area contributed by atoms with Gasteiger partial charge in [-0.25, -0.2) is 0 Å². The van der Waals surface area contributed by atoms with Crippen molar-refractivity contribution >= 4 is 39.6 Å². The van der Waals surface area contributed by atoms with E-state index < -0.39 is 71.8 Å². The van der Waals surface area contributed by atoms with Crippen LogP contribution in [0.5, 0.6) is 0 Å². The van der Waals surface area contributed by atoms with Gasteiger partial charge in [0.05, 0.1) is 24.6 Å². The zero-order chi connectivity index (χ0) is 35.2. The van der Waals surface area contributed by atoms with Gasteiger partial charge >= 0.3 is 5.97 Å². The van der Waals surface area contributed by atoms with Gasteiger partial charge in [0.1, 0.15) is 29.8 Å². The molecule has 49 heavy (non-hydrogen) atoms. The summed E-state index contributed by atoms with van der Waals surface area (Å²) >= 11 is 3.62.